The van der Waals surface area contributed by atoms with Crippen molar-refractivity contribution in [3.63, 3.8) is 0 Å². The van der Waals surface area contributed by atoms with Gasteiger partial charge in [-0.05, 0) is 31.2 Å². The third-order valence-electron chi connectivity index (χ3n) is 5.89. The van der Waals surface area contributed by atoms with Gasteiger partial charge in [-0.2, -0.15) is 0 Å². The molecule has 1 saturated heterocycles. The van der Waals surface area contributed by atoms with E-state index in [2.05, 4.69) is 5.32 Å². The number of hydrogen-bond donors (Lipinski definition) is 2. The highest BCUT2D eigenvalue weighted by Gasteiger charge is 2.49. The zero-order valence-corrected chi connectivity index (χ0v) is 13.7. The average Bonchev–Trinajstić information content (AvgIpc) is 3.27. The SMILES string of the molecule is O[C@@H](c1ccccc1)C1(CNC2CCC3(CC2)OCCO3)CC1. The normalized spacial score (nSPS) is 27.2. The van der Waals surface area contributed by atoms with E-state index < -0.39 is 0 Å². The molecule has 1 atom stereocenters. The van der Waals surface area contributed by atoms with E-state index in [1.54, 1.807) is 0 Å². The molecule has 2 saturated carbocycles. The minimum absolute atomic E-state index is 0.0385. The molecular weight excluding hydrogens is 290 g/mol. The Balaban J connectivity index is 1.29. The molecule has 0 bridgehead atoms. The van der Waals surface area contributed by atoms with Crippen molar-refractivity contribution >= 4 is 0 Å². The van der Waals surface area contributed by atoms with Crippen molar-refractivity contribution in [3.05, 3.63) is 35.9 Å². The molecule has 4 rings (SSSR count). The maximum atomic E-state index is 10.7. The summed E-state index contributed by atoms with van der Waals surface area (Å²) in [4.78, 5) is 0. The molecule has 0 radical (unpaired) electrons. The number of aliphatic hydroxyl groups excluding tert-OH is 1. The fourth-order valence-corrected chi connectivity index (χ4v) is 4.09. The molecule has 0 unspecified atom stereocenters. The first-order valence-corrected chi connectivity index (χ1v) is 8.96. The van der Waals surface area contributed by atoms with E-state index in [1.165, 1.54) is 0 Å². The van der Waals surface area contributed by atoms with Crippen LogP contribution in [0.3, 0.4) is 0 Å². The van der Waals surface area contributed by atoms with E-state index in [0.717, 1.165) is 63.8 Å². The fourth-order valence-electron chi connectivity index (χ4n) is 4.09. The number of benzene rings is 1. The topological polar surface area (TPSA) is 50.7 Å². The number of aliphatic hydroxyl groups is 1. The molecule has 1 heterocycles. The molecule has 4 heteroatoms. The largest absolute Gasteiger partial charge is 0.388 e. The van der Waals surface area contributed by atoms with Crippen LogP contribution in [0, 0.1) is 5.41 Å². The van der Waals surface area contributed by atoms with Crippen molar-refractivity contribution in [1.82, 2.24) is 5.32 Å². The van der Waals surface area contributed by atoms with Gasteiger partial charge in [0.2, 0.25) is 0 Å². The van der Waals surface area contributed by atoms with Crippen LogP contribution < -0.4 is 5.32 Å². The Morgan fingerprint density at radius 3 is 2.30 bits per heavy atom. The van der Waals surface area contributed by atoms with Crippen molar-refractivity contribution in [2.45, 2.75) is 56.5 Å². The molecular formula is C19H27NO3. The van der Waals surface area contributed by atoms with Crippen LogP contribution in [-0.4, -0.2) is 36.7 Å². The van der Waals surface area contributed by atoms with Crippen molar-refractivity contribution in [2.75, 3.05) is 19.8 Å². The first-order valence-electron chi connectivity index (χ1n) is 8.96. The van der Waals surface area contributed by atoms with Crippen LogP contribution in [0.5, 0.6) is 0 Å². The maximum absolute atomic E-state index is 10.7. The second-order valence-electron chi connectivity index (χ2n) is 7.44. The van der Waals surface area contributed by atoms with Crippen molar-refractivity contribution < 1.29 is 14.6 Å². The summed E-state index contributed by atoms with van der Waals surface area (Å²) >= 11 is 0. The van der Waals surface area contributed by atoms with Crippen molar-refractivity contribution in [2.24, 2.45) is 5.41 Å². The van der Waals surface area contributed by atoms with Crippen LogP contribution in [0.2, 0.25) is 0 Å². The number of ether oxygens (including phenoxy) is 2. The predicted octanol–water partition coefficient (Wildman–Crippen LogP) is 2.78. The van der Waals surface area contributed by atoms with E-state index in [9.17, 15) is 5.11 Å². The summed E-state index contributed by atoms with van der Waals surface area (Å²) in [6.45, 7) is 2.39. The average molecular weight is 317 g/mol. The second-order valence-corrected chi connectivity index (χ2v) is 7.44. The first kappa shape index (κ1) is 15.6. The Morgan fingerprint density at radius 2 is 1.70 bits per heavy atom. The third-order valence-corrected chi connectivity index (χ3v) is 5.89. The van der Waals surface area contributed by atoms with E-state index in [4.69, 9.17) is 9.47 Å². The Kier molecular flexibility index (Phi) is 4.18. The highest BCUT2D eigenvalue weighted by atomic mass is 16.7. The van der Waals surface area contributed by atoms with Gasteiger partial charge in [0.25, 0.3) is 0 Å². The molecule has 0 aromatic heterocycles. The maximum Gasteiger partial charge on any atom is 0.168 e. The number of nitrogens with one attached hydrogen (secondary N) is 1. The Bertz CT molecular complexity index is 513. The monoisotopic (exact) mass is 317 g/mol. The summed E-state index contributed by atoms with van der Waals surface area (Å²) in [5.41, 5.74) is 1.08. The second kappa shape index (κ2) is 6.17. The van der Waals surface area contributed by atoms with Crippen molar-refractivity contribution in [1.29, 1.82) is 0 Å². The lowest BCUT2D eigenvalue weighted by Gasteiger charge is -2.36. The molecule has 4 nitrogen and oxygen atoms in total. The lowest BCUT2D eigenvalue weighted by molar-refractivity contribution is -0.179. The summed E-state index contributed by atoms with van der Waals surface area (Å²) in [7, 11) is 0. The molecule has 2 aliphatic carbocycles. The van der Waals surface area contributed by atoms with Crippen molar-refractivity contribution in [3.8, 4) is 0 Å². The lowest BCUT2D eigenvalue weighted by Crippen LogP contribution is -2.44. The van der Waals surface area contributed by atoms with Gasteiger partial charge < -0.3 is 19.9 Å². The minimum Gasteiger partial charge on any atom is -0.388 e. The summed E-state index contributed by atoms with van der Waals surface area (Å²) < 4.78 is 11.6. The van der Waals surface area contributed by atoms with Crippen LogP contribution in [0.1, 0.15) is 50.2 Å². The van der Waals surface area contributed by atoms with E-state index >= 15 is 0 Å². The molecule has 1 aromatic rings. The molecule has 3 aliphatic rings. The quantitative estimate of drug-likeness (QED) is 0.877. The third kappa shape index (κ3) is 3.18. The van der Waals surface area contributed by atoms with Gasteiger partial charge in [0, 0.05) is 30.8 Å². The van der Waals surface area contributed by atoms with Crippen LogP contribution in [-0.2, 0) is 9.47 Å². The molecule has 126 valence electrons. The molecule has 0 amide bonds. The summed E-state index contributed by atoms with van der Waals surface area (Å²) in [6, 6.07) is 10.6. The summed E-state index contributed by atoms with van der Waals surface area (Å²) in [5.74, 6) is -0.279. The number of hydrogen-bond acceptors (Lipinski definition) is 4. The van der Waals surface area contributed by atoms with Gasteiger partial charge in [-0.3, -0.25) is 0 Å². The molecule has 1 aromatic carbocycles. The Morgan fingerprint density at radius 1 is 1.04 bits per heavy atom. The van der Waals surface area contributed by atoms with Gasteiger partial charge in [0.15, 0.2) is 5.79 Å². The standard InChI is InChI=1S/C19H27NO3/c21-17(15-4-2-1-3-5-15)18(10-11-18)14-20-16-6-8-19(9-7-16)22-12-13-23-19/h1-5,16-17,20-21H,6-14H2/t17-/m0/s1. The molecule has 3 fully saturated rings. The van der Waals surface area contributed by atoms with E-state index in [-0.39, 0.29) is 17.3 Å². The zero-order chi connectivity index (χ0) is 15.8. The highest BCUT2D eigenvalue weighted by molar-refractivity contribution is 5.22. The Labute approximate surface area is 138 Å². The molecule has 1 spiro atoms. The van der Waals surface area contributed by atoms with Gasteiger partial charge in [0.05, 0.1) is 19.3 Å². The van der Waals surface area contributed by atoms with Gasteiger partial charge >= 0.3 is 0 Å². The van der Waals surface area contributed by atoms with Gasteiger partial charge in [-0.25, -0.2) is 0 Å². The summed E-state index contributed by atoms with van der Waals surface area (Å²) in [5, 5.41) is 14.4. The number of rotatable bonds is 5. The van der Waals surface area contributed by atoms with Gasteiger partial charge in [0.1, 0.15) is 0 Å². The smallest absolute Gasteiger partial charge is 0.168 e. The zero-order valence-electron chi connectivity index (χ0n) is 13.7. The first-order chi connectivity index (χ1) is 11.2. The fraction of sp³-hybridized carbons (Fsp3) is 0.684. The Hall–Kier alpha value is -0.940. The summed E-state index contributed by atoms with van der Waals surface area (Å²) in [6.07, 6.45) is 6.03. The van der Waals surface area contributed by atoms with Gasteiger partial charge in [-0.15, -0.1) is 0 Å². The van der Waals surface area contributed by atoms with E-state index in [0.29, 0.717) is 6.04 Å². The van der Waals surface area contributed by atoms with Crippen LogP contribution in [0.15, 0.2) is 30.3 Å². The van der Waals surface area contributed by atoms with Gasteiger partial charge in [-0.1, -0.05) is 30.3 Å². The van der Waals surface area contributed by atoms with Crippen LogP contribution >= 0.6 is 0 Å². The van der Waals surface area contributed by atoms with E-state index in [1.807, 2.05) is 30.3 Å². The highest BCUT2D eigenvalue weighted by Crippen LogP contribution is 2.54. The molecule has 2 N–H and O–H groups in total. The van der Waals surface area contributed by atoms with Crippen LogP contribution in [0.25, 0.3) is 0 Å². The predicted molar refractivity (Wildman–Crippen MR) is 88.0 cm³/mol. The minimum atomic E-state index is -0.354. The van der Waals surface area contributed by atoms with Crippen LogP contribution in [0.4, 0.5) is 0 Å². The molecule has 23 heavy (non-hydrogen) atoms. The molecule has 1 aliphatic heterocycles. The lowest BCUT2D eigenvalue weighted by atomic mass is 9.88.